The summed E-state index contributed by atoms with van der Waals surface area (Å²) < 4.78 is 0. The molecular weight excluding hydrogens is 266 g/mol. The number of nitro benzene ring substituents is 1. The third kappa shape index (κ3) is 3.55. The van der Waals surface area contributed by atoms with E-state index in [0.717, 1.165) is 6.07 Å². The van der Waals surface area contributed by atoms with Gasteiger partial charge in [0.15, 0.2) is 0 Å². The fourth-order valence-electron chi connectivity index (χ4n) is 1.68. The fourth-order valence-corrected chi connectivity index (χ4v) is 1.68. The minimum Gasteiger partial charge on any atom is -0.480 e. The number of rotatable bonds is 7. The van der Waals surface area contributed by atoms with E-state index in [9.17, 15) is 19.7 Å². The molecule has 1 aromatic carbocycles. The minimum absolute atomic E-state index is 0.109. The number of nitrogens with two attached hydrogens (primary N) is 1. The highest BCUT2D eigenvalue weighted by Gasteiger charge is 2.19. The summed E-state index contributed by atoms with van der Waals surface area (Å²) in [6.07, 6.45) is 1.45. The first-order chi connectivity index (χ1) is 9.36. The number of carbonyl (C=O) groups excluding carboxylic acids is 1. The lowest BCUT2D eigenvalue weighted by molar-refractivity contribution is -0.384. The van der Waals surface area contributed by atoms with Crippen LogP contribution in [0.4, 0.5) is 11.4 Å². The lowest BCUT2D eigenvalue weighted by atomic mass is 10.1. The molecule has 0 fully saturated rings. The molecule has 0 bridgehead atoms. The van der Waals surface area contributed by atoms with Gasteiger partial charge in [-0.25, -0.2) is 0 Å². The molecule has 0 atom stereocenters. The Labute approximate surface area is 114 Å². The Morgan fingerprint density at radius 2 is 2.15 bits per heavy atom. The van der Waals surface area contributed by atoms with Crippen LogP contribution in [0.25, 0.3) is 0 Å². The monoisotopic (exact) mass is 279 g/mol. The summed E-state index contributed by atoms with van der Waals surface area (Å²) in [7, 11) is 0. The lowest BCUT2D eigenvalue weighted by Gasteiger charge is -2.22. The van der Waals surface area contributed by atoms with Crippen molar-refractivity contribution in [3.8, 4) is 0 Å². The molecule has 0 aliphatic heterocycles. The summed E-state index contributed by atoms with van der Waals surface area (Å²) in [5, 5.41) is 19.5. The standard InChI is InChI=1S/C12H13N3O5/c1-2-5-14(7-11(16)17)10-4-3-8(15(19)20)6-9(10)12(13)18/h2-4,6H,1,5,7H2,(H2,13,18)(H,16,17). The molecule has 8 heteroatoms. The number of nitrogens with zero attached hydrogens (tertiary/aromatic N) is 2. The Hall–Kier alpha value is -2.90. The predicted octanol–water partition coefficient (Wildman–Crippen LogP) is 0.771. The van der Waals surface area contributed by atoms with Gasteiger partial charge in [-0.05, 0) is 6.07 Å². The molecule has 0 heterocycles. The van der Waals surface area contributed by atoms with Crippen LogP contribution in [-0.4, -0.2) is 35.0 Å². The topological polar surface area (TPSA) is 127 Å². The van der Waals surface area contributed by atoms with E-state index >= 15 is 0 Å². The molecule has 106 valence electrons. The summed E-state index contributed by atoms with van der Waals surface area (Å²) in [6, 6.07) is 3.50. The molecule has 1 rings (SSSR count). The summed E-state index contributed by atoms with van der Waals surface area (Å²) in [6.45, 7) is 3.27. The average molecular weight is 279 g/mol. The van der Waals surface area contributed by atoms with Crippen LogP contribution in [-0.2, 0) is 4.79 Å². The average Bonchev–Trinajstić information content (AvgIpc) is 2.36. The number of carboxylic acid groups (broad SMARTS) is 1. The van der Waals surface area contributed by atoms with Crippen LogP contribution < -0.4 is 10.6 Å². The zero-order valence-electron chi connectivity index (χ0n) is 10.5. The van der Waals surface area contributed by atoms with Gasteiger partial charge in [-0.3, -0.25) is 19.7 Å². The number of carbonyl (C=O) groups is 2. The quantitative estimate of drug-likeness (QED) is 0.431. The van der Waals surface area contributed by atoms with Crippen molar-refractivity contribution in [2.75, 3.05) is 18.0 Å². The second kappa shape index (κ2) is 6.32. The second-order valence-corrected chi connectivity index (χ2v) is 3.89. The largest absolute Gasteiger partial charge is 0.480 e. The first-order valence-electron chi connectivity index (χ1n) is 5.52. The third-order valence-electron chi connectivity index (χ3n) is 2.47. The van der Waals surface area contributed by atoms with Gasteiger partial charge in [0, 0.05) is 18.7 Å². The normalized spacial score (nSPS) is 9.80. The number of benzene rings is 1. The van der Waals surface area contributed by atoms with Gasteiger partial charge in [-0.2, -0.15) is 0 Å². The number of carboxylic acids is 1. The summed E-state index contributed by atoms with van der Waals surface area (Å²) in [4.78, 5) is 33.6. The Bertz CT molecular complexity index is 570. The maximum Gasteiger partial charge on any atom is 0.323 e. The number of non-ortho nitro benzene ring substituents is 1. The molecule has 0 saturated heterocycles. The molecule has 0 saturated carbocycles. The number of nitro groups is 1. The van der Waals surface area contributed by atoms with Crippen LogP contribution in [0.1, 0.15) is 10.4 Å². The molecule has 20 heavy (non-hydrogen) atoms. The Balaban J connectivity index is 3.32. The number of anilines is 1. The van der Waals surface area contributed by atoms with Gasteiger partial charge in [-0.1, -0.05) is 6.08 Å². The number of primary amides is 1. The van der Waals surface area contributed by atoms with E-state index in [-0.39, 0.29) is 30.0 Å². The zero-order chi connectivity index (χ0) is 15.3. The van der Waals surface area contributed by atoms with E-state index in [1.165, 1.54) is 23.1 Å². The SMILES string of the molecule is C=CCN(CC(=O)O)c1ccc([N+](=O)[O-])cc1C(N)=O. The molecule has 0 aliphatic rings. The molecule has 1 aromatic rings. The smallest absolute Gasteiger partial charge is 0.323 e. The van der Waals surface area contributed by atoms with E-state index in [4.69, 9.17) is 10.8 Å². The first-order valence-corrected chi connectivity index (χ1v) is 5.52. The molecule has 3 N–H and O–H groups in total. The van der Waals surface area contributed by atoms with Crippen molar-refractivity contribution in [3.05, 3.63) is 46.5 Å². The van der Waals surface area contributed by atoms with Crippen molar-refractivity contribution < 1.29 is 19.6 Å². The molecule has 1 amide bonds. The van der Waals surface area contributed by atoms with Crippen LogP contribution in [0.15, 0.2) is 30.9 Å². The van der Waals surface area contributed by atoms with E-state index < -0.39 is 16.8 Å². The zero-order valence-corrected chi connectivity index (χ0v) is 10.5. The predicted molar refractivity (Wildman–Crippen MR) is 71.7 cm³/mol. The maximum absolute atomic E-state index is 11.4. The van der Waals surface area contributed by atoms with Crippen LogP contribution in [0.3, 0.4) is 0 Å². The number of hydrogen-bond donors (Lipinski definition) is 2. The van der Waals surface area contributed by atoms with Crippen LogP contribution in [0.2, 0.25) is 0 Å². The summed E-state index contributed by atoms with van der Waals surface area (Å²) >= 11 is 0. The van der Waals surface area contributed by atoms with Gasteiger partial charge in [0.2, 0.25) is 0 Å². The van der Waals surface area contributed by atoms with Crippen LogP contribution in [0, 0.1) is 10.1 Å². The van der Waals surface area contributed by atoms with E-state index in [0.29, 0.717) is 0 Å². The van der Waals surface area contributed by atoms with Crippen LogP contribution >= 0.6 is 0 Å². The van der Waals surface area contributed by atoms with Crippen molar-refractivity contribution in [2.24, 2.45) is 5.73 Å². The lowest BCUT2D eigenvalue weighted by Crippen LogP contribution is -2.31. The Morgan fingerprint density at radius 1 is 1.50 bits per heavy atom. The molecule has 0 aromatic heterocycles. The highest BCUT2D eigenvalue weighted by atomic mass is 16.6. The number of aliphatic carboxylic acids is 1. The Kier molecular flexibility index (Phi) is 4.79. The molecule has 8 nitrogen and oxygen atoms in total. The van der Waals surface area contributed by atoms with Gasteiger partial charge < -0.3 is 15.7 Å². The van der Waals surface area contributed by atoms with E-state index in [1.54, 1.807) is 0 Å². The second-order valence-electron chi connectivity index (χ2n) is 3.89. The highest BCUT2D eigenvalue weighted by Crippen LogP contribution is 2.25. The van der Waals surface area contributed by atoms with Crippen molar-refractivity contribution in [1.82, 2.24) is 0 Å². The van der Waals surface area contributed by atoms with Crippen molar-refractivity contribution >= 4 is 23.3 Å². The Morgan fingerprint density at radius 3 is 2.60 bits per heavy atom. The van der Waals surface area contributed by atoms with E-state index in [2.05, 4.69) is 6.58 Å². The van der Waals surface area contributed by atoms with Gasteiger partial charge in [0.25, 0.3) is 11.6 Å². The van der Waals surface area contributed by atoms with E-state index in [1.807, 2.05) is 0 Å². The van der Waals surface area contributed by atoms with Crippen LogP contribution in [0.5, 0.6) is 0 Å². The molecule has 0 aliphatic carbocycles. The van der Waals surface area contributed by atoms with Crippen molar-refractivity contribution in [2.45, 2.75) is 0 Å². The fraction of sp³-hybridized carbons (Fsp3) is 0.167. The van der Waals surface area contributed by atoms with Crippen molar-refractivity contribution in [3.63, 3.8) is 0 Å². The molecule has 0 spiro atoms. The maximum atomic E-state index is 11.4. The van der Waals surface area contributed by atoms with Gasteiger partial charge in [0.05, 0.1) is 16.2 Å². The molecular formula is C12H13N3O5. The number of hydrogen-bond acceptors (Lipinski definition) is 5. The molecule has 0 unspecified atom stereocenters. The van der Waals surface area contributed by atoms with Crippen molar-refractivity contribution in [1.29, 1.82) is 0 Å². The van der Waals surface area contributed by atoms with Gasteiger partial charge >= 0.3 is 5.97 Å². The van der Waals surface area contributed by atoms with Gasteiger partial charge in [0.1, 0.15) is 6.54 Å². The molecule has 0 radical (unpaired) electrons. The highest BCUT2D eigenvalue weighted by molar-refractivity contribution is 5.99. The first kappa shape index (κ1) is 15.2. The summed E-state index contributed by atoms with van der Waals surface area (Å²) in [5.74, 6) is -1.98. The minimum atomic E-state index is -1.11. The summed E-state index contributed by atoms with van der Waals surface area (Å²) in [5.41, 5.74) is 5.00. The number of amides is 1. The third-order valence-corrected chi connectivity index (χ3v) is 2.47. The van der Waals surface area contributed by atoms with Gasteiger partial charge in [-0.15, -0.1) is 6.58 Å².